The van der Waals surface area contributed by atoms with Gasteiger partial charge >= 0.3 is 6.03 Å². The highest BCUT2D eigenvalue weighted by molar-refractivity contribution is 7.98. The fourth-order valence-electron chi connectivity index (χ4n) is 1.75. The summed E-state index contributed by atoms with van der Waals surface area (Å²) < 4.78 is 0. The Kier molecular flexibility index (Phi) is 4.25. The van der Waals surface area contributed by atoms with Crippen LogP contribution in [-0.2, 0) is 6.54 Å². The van der Waals surface area contributed by atoms with Crippen LogP contribution in [0.2, 0.25) is 0 Å². The van der Waals surface area contributed by atoms with E-state index >= 15 is 0 Å². The molecule has 0 atom stereocenters. The van der Waals surface area contributed by atoms with Gasteiger partial charge in [-0.3, -0.25) is 0 Å². The second-order valence-electron chi connectivity index (χ2n) is 4.10. The van der Waals surface area contributed by atoms with E-state index in [0.29, 0.717) is 13.1 Å². The van der Waals surface area contributed by atoms with E-state index in [0.717, 1.165) is 17.5 Å². The zero-order chi connectivity index (χ0) is 13.0. The van der Waals surface area contributed by atoms with Crippen molar-refractivity contribution in [3.8, 4) is 0 Å². The Morgan fingerprint density at radius 1 is 1.56 bits per heavy atom. The minimum absolute atomic E-state index is 0.132. The molecular weight excluding hydrogens is 246 g/mol. The van der Waals surface area contributed by atoms with E-state index in [1.165, 1.54) is 9.90 Å². The average molecular weight is 263 g/mol. The first kappa shape index (κ1) is 13.0. The van der Waals surface area contributed by atoms with Crippen molar-refractivity contribution in [2.24, 2.45) is 5.10 Å². The highest BCUT2D eigenvalue weighted by Crippen LogP contribution is 2.22. The predicted molar refractivity (Wildman–Crippen MR) is 75.0 cm³/mol. The molecule has 1 aromatic carbocycles. The molecule has 0 fully saturated rings. The van der Waals surface area contributed by atoms with Crippen LogP contribution in [0.25, 0.3) is 0 Å². The Hall–Kier alpha value is -1.49. The third-order valence-electron chi connectivity index (χ3n) is 2.77. The highest BCUT2D eigenvalue weighted by atomic mass is 32.2. The molecule has 18 heavy (non-hydrogen) atoms. The normalized spacial score (nSPS) is 13.3. The van der Waals surface area contributed by atoms with Gasteiger partial charge in [0.2, 0.25) is 0 Å². The van der Waals surface area contributed by atoms with Crippen molar-refractivity contribution in [2.45, 2.75) is 24.8 Å². The van der Waals surface area contributed by atoms with Crippen molar-refractivity contribution in [1.82, 2.24) is 10.3 Å². The third-order valence-corrected chi connectivity index (χ3v) is 3.50. The van der Waals surface area contributed by atoms with Crippen LogP contribution in [0, 0.1) is 0 Å². The van der Waals surface area contributed by atoms with Gasteiger partial charge in [-0.05, 0) is 30.4 Å². The first-order valence-corrected chi connectivity index (χ1v) is 7.23. The SMILES string of the molecule is CCCNC(=O)N1Cc2ccc(SC)cc2C=N1. The Bertz CT molecular complexity index is 473. The molecule has 1 aliphatic rings. The first-order chi connectivity index (χ1) is 8.74. The number of hydrogen-bond acceptors (Lipinski definition) is 3. The van der Waals surface area contributed by atoms with Gasteiger partial charge in [0.05, 0.1) is 12.8 Å². The third kappa shape index (κ3) is 2.85. The number of amides is 2. The summed E-state index contributed by atoms with van der Waals surface area (Å²) in [6.45, 7) is 3.25. The predicted octanol–water partition coefficient (Wildman–Crippen LogP) is 2.68. The molecule has 0 spiro atoms. The summed E-state index contributed by atoms with van der Waals surface area (Å²) in [5, 5.41) is 8.48. The Labute approximate surface area is 111 Å². The second-order valence-corrected chi connectivity index (χ2v) is 4.98. The molecule has 1 aliphatic heterocycles. The molecule has 1 aromatic rings. The van der Waals surface area contributed by atoms with Gasteiger partial charge in [-0.15, -0.1) is 11.8 Å². The molecular formula is C13H17N3OS. The van der Waals surface area contributed by atoms with Crippen molar-refractivity contribution in [2.75, 3.05) is 12.8 Å². The summed E-state index contributed by atoms with van der Waals surface area (Å²) in [4.78, 5) is 13.0. The number of fused-ring (bicyclic) bond motifs is 1. The molecule has 4 nitrogen and oxygen atoms in total. The lowest BCUT2D eigenvalue weighted by Crippen LogP contribution is -2.38. The maximum Gasteiger partial charge on any atom is 0.338 e. The average Bonchev–Trinajstić information content (AvgIpc) is 2.43. The van der Waals surface area contributed by atoms with Crippen LogP contribution in [-0.4, -0.2) is 30.1 Å². The molecule has 5 heteroatoms. The molecule has 0 unspecified atom stereocenters. The molecule has 0 aromatic heterocycles. The number of urea groups is 1. The van der Waals surface area contributed by atoms with Crippen LogP contribution in [0.1, 0.15) is 24.5 Å². The molecule has 0 radical (unpaired) electrons. The monoisotopic (exact) mass is 263 g/mol. The minimum atomic E-state index is -0.132. The van der Waals surface area contributed by atoms with E-state index in [1.807, 2.05) is 13.2 Å². The van der Waals surface area contributed by atoms with Crippen LogP contribution in [0.5, 0.6) is 0 Å². The zero-order valence-corrected chi connectivity index (χ0v) is 11.5. The van der Waals surface area contributed by atoms with Crippen LogP contribution in [0.3, 0.4) is 0 Å². The van der Waals surface area contributed by atoms with E-state index in [9.17, 15) is 4.79 Å². The van der Waals surface area contributed by atoms with E-state index in [-0.39, 0.29) is 6.03 Å². The van der Waals surface area contributed by atoms with Crippen LogP contribution < -0.4 is 5.32 Å². The smallest absolute Gasteiger partial charge is 0.336 e. The lowest BCUT2D eigenvalue weighted by atomic mass is 10.1. The second kappa shape index (κ2) is 5.91. The first-order valence-electron chi connectivity index (χ1n) is 6.01. The number of rotatable bonds is 3. The number of nitrogens with zero attached hydrogens (tertiary/aromatic N) is 2. The van der Waals surface area contributed by atoms with Crippen molar-refractivity contribution >= 4 is 24.0 Å². The van der Waals surface area contributed by atoms with Crippen molar-refractivity contribution in [3.63, 3.8) is 0 Å². The van der Waals surface area contributed by atoms with E-state index < -0.39 is 0 Å². The summed E-state index contributed by atoms with van der Waals surface area (Å²) in [6, 6.07) is 6.11. The van der Waals surface area contributed by atoms with Crippen LogP contribution in [0.15, 0.2) is 28.2 Å². The quantitative estimate of drug-likeness (QED) is 0.852. The van der Waals surface area contributed by atoms with Gasteiger partial charge in [0.1, 0.15) is 0 Å². The summed E-state index contributed by atoms with van der Waals surface area (Å²) in [7, 11) is 0. The molecule has 0 saturated carbocycles. The zero-order valence-electron chi connectivity index (χ0n) is 10.6. The number of carbonyl (C=O) groups excluding carboxylic acids is 1. The maximum atomic E-state index is 11.8. The van der Waals surface area contributed by atoms with Gasteiger partial charge in [-0.1, -0.05) is 13.0 Å². The highest BCUT2D eigenvalue weighted by Gasteiger charge is 2.17. The minimum Gasteiger partial charge on any atom is -0.336 e. The lowest BCUT2D eigenvalue weighted by Gasteiger charge is -2.22. The van der Waals surface area contributed by atoms with E-state index in [2.05, 4.69) is 28.6 Å². The fourth-order valence-corrected chi connectivity index (χ4v) is 2.19. The standard InChI is InChI=1S/C13H17N3OS/c1-3-6-14-13(17)16-9-10-4-5-12(18-2)7-11(10)8-15-16/h4-5,7-8H,3,6,9H2,1-2H3,(H,14,17). The number of benzene rings is 1. The van der Waals surface area contributed by atoms with Gasteiger partial charge in [0, 0.05) is 17.0 Å². The van der Waals surface area contributed by atoms with Crippen molar-refractivity contribution in [3.05, 3.63) is 29.3 Å². The molecule has 0 bridgehead atoms. The summed E-state index contributed by atoms with van der Waals surface area (Å²) in [5.41, 5.74) is 2.23. The van der Waals surface area contributed by atoms with Gasteiger partial charge in [0.25, 0.3) is 0 Å². The Balaban J connectivity index is 2.09. The van der Waals surface area contributed by atoms with Gasteiger partial charge in [0.15, 0.2) is 0 Å². The maximum absolute atomic E-state index is 11.8. The fraction of sp³-hybridized carbons (Fsp3) is 0.385. The number of hydrogen-bond donors (Lipinski definition) is 1. The number of nitrogens with one attached hydrogen (secondary N) is 1. The summed E-state index contributed by atoms with van der Waals surface area (Å²) in [6.07, 6.45) is 4.73. The van der Waals surface area contributed by atoms with E-state index in [4.69, 9.17) is 0 Å². The summed E-state index contributed by atoms with van der Waals surface area (Å²) >= 11 is 1.71. The molecule has 0 aliphatic carbocycles. The summed E-state index contributed by atoms with van der Waals surface area (Å²) in [5.74, 6) is 0. The van der Waals surface area contributed by atoms with Crippen LogP contribution >= 0.6 is 11.8 Å². The number of carbonyl (C=O) groups is 1. The Morgan fingerprint density at radius 3 is 3.11 bits per heavy atom. The molecule has 1 heterocycles. The van der Waals surface area contributed by atoms with Gasteiger partial charge in [-0.25, -0.2) is 9.80 Å². The van der Waals surface area contributed by atoms with Crippen molar-refractivity contribution < 1.29 is 4.79 Å². The van der Waals surface area contributed by atoms with Crippen molar-refractivity contribution in [1.29, 1.82) is 0 Å². The topological polar surface area (TPSA) is 44.7 Å². The largest absolute Gasteiger partial charge is 0.338 e. The molecule has 0 saturated heterocycles. The van der Waals surface area contributed by atoms with Gasteiger partial charge < -0.3 is 5.32 Å². The van der Waals surface area contributed by atoms with Gasteiger partial charge in [-0.2, -0.15) is 5.10 Å². The Morgan fingerprint density at radius 2 is 2.39 bits per heavy atom. The molecule has 96 valence electrons. The number of hydrazone groups is 1. The lowest BCUT2D eigenvalue weighted by molar-refractivity contribution is 0.197. The number of thioether (sulfide) groups is 1. The molecule has 2 amide bonds. The molecule has 2 rings (SSSR count). The molecule has 1 N–H and O–H groups in total. The van der Waals surface area contributed by atoms with E-state index in [1.54, 1.807) is 18.0 Å². The van der Waals surface area contributed by atoms with Crippen LogP contribution in [0.4, 0.5) is 4.79 Å².